The van der Waals surface area contributed by atoms with Gasteiger partial charge in [-0.25, -0.2) is 8.42 Å². The van der Waals surface area contributed by atoms with Crippen LogP contribution in [-0.4, -0.2) is 56.3 Å². The van der Waals surface area contributed by atoms with Crippen LogP contribution in [0.3, 0.4) is 0 Å². The van der Waals surface area contributed by atoms with Crippen LogP contribution >= 0.6 is 11.6 Å². The van der Waals surface area contributed by atoms with Gasteiger partial charge in [-0.3, -0.25) is 9.69 Å². The maximum Gasteiger partial charge on any atom is 0.243 e. The summed E-state index contributed by atoms with van der Waals surface area (Å²) in [6.45, 7) is 3.02. The monoisotopic (exact) mass is 479 g/mol. The second kappa shape index (κ2) is 10.4. The number of carbonyl (C=O) groups is 1. The third-order valence-corrected chi connectivity index (χ3v) is 8.51. The summed E-state index contributed by atoms with van der Waals surface area (Å²) in [5.74, 6) is 0.377. The van der Waals surface area contributed by atoms with Gasteiger partial charge in [0.25, 0.3) is 0 Å². The van der Waals surface area contributed by atoms with Gasteiger partial charge in [-0.05, 0) is 75.2 Å². The first kappa shape index (κ1) is 23.3. The molecule has 7 nitrogen and oxygen atoms in total. The van der Waals surface area contributed by atoms with Gasteiger partial charge in [0, 0.05) is 24.7 Å². The Labute approximate surface area is 194 Å². The molecule has 1 N–H and O–H groups in total. The van der Waals surface area contributed by atoms with Crippen LogP contribution in [0.2, 0.25) is 5.02 Å². The first-order chi connectivity index (χ1) is 15.4. The summed E-state index contributed by atoms with van der Waals surface area (Å²) in [5, 5.41) is 3.56. The fourth-order valence-electron chi connectivity index (χ4n) is 4.59. The van der Waals surface area contributed by atoms with Crippen LogP contribution in [-0.2, 0) is 14.8 Å². The summed E-state index contributed by atoms with van der Waals surface area (Å²) >= 11 is 5.89. The zero-order valence-electron chi connectivity index (χ0n) is 18.1. The van der Waals surface area contributed by atoms with Gasteiger partial charge < -0.3 is 9.73 Å². The maximum absolute atomic E-state index is 13.0. The molecule has 2 aliphatic rings. The second-order valence-corrected chi connectivity index (χ2v) is 10.9. The summed E-state index contributed by atoms with van der Waals surface area (Å²) in [6.07, 6.45) is 6.51. The van der Waals surface area contributed by atoms with Gasteiger partial charge in [-0.2, -0.15) is 4.31 Å². The minimum Gasteiger partial charge on any atom is -0.468 e. The number of piperidine rings is 2. The SMILES string of the molecule is O=C(NC[C@@H](c1ccco1)N1CCCCC1)[C@H]1CCCN(S(=O)(=O)c2ccc(Cl)cc2)C1. The molecule has 0 bridgehead atoms. The fourth-order valence-corrected chi connectivity index (χ4v) is 6.24. The number of benzene rings is 1. The first-order valence-corrected chi connectivity index (χ1v) is 13.1. The molecule has 2 fully saturated rings. The molecular formula is C23H30ClN3O4S. The van der Waals surface area contributed by atoms with Crippen molar-refractivity contribution in [2.75, 3.05) is 32.7 Å². The van der Waals surface area contributed by atoms with E-state index < -0.39 is 10.0 Å². The molecule has 4 rings (SSSR count). The van der Waals surface area contributed by atoms with Gasteiger partial charge >= 0.3 is 0 Å². The number of rotatable bonds is 7. The quantitative estimate of drug-likeness (QED) is 0.655. The van der Waals surface area contributed by atoms with Crippen molar-refractivity contribution in [3.05, 3.63) is 53.4 Å². The predicted octanol–water partition coefficient (Wildman–Crippen LogP) is 3.68. The number of hydrogen-bond acceptors (Lipinski definition) is 5. The molecule has 2 saturated heterocycles. The van der Waals surface area contributed by atoms with E-state index in [1.807, 2.05) is 12.1 Å². The molecule has 1 aromatic heterocycles. The van der Waals surface area contributed by atoms with E-state index in [0.29, 0.717) is 31.0 Å². The second-order valence-electron chi connectivity index (χ2n) is 8.53. The lowest BCUT2D eigenvalue weighted by Gasteiger charge is -2.34. The third kappa shape index (κ3) is 5.36. The summed E-state index contributed by atoms with van der Waals surface area (Å²) < 4.78 is 33.1. The van der Waals surface area contributed by atoms with E-state index >= 15 is 0 Å². The fraction of sp³-hybridized carbons (Fsp3) is 0.522. The van der Waals surface area contributed by atoms with Crippen LogP contribution in [0.5, 0.6) is 0 Å². The van der Waals surface area contributed by atoms with Crippen LogP contribution in [0, 0.1) is 5.92 Å². The largest absolute Gasteiger partial charge is 0.468 e. The smallest absolute Gasteiger partial charge is 0.243 e. The Hall–Kier alpha value is -1.87. The molecule has 1 amide bonds. The highest BCUT2D eigenvalue weighted by atomic mass is 35.5. The van der Waals surface area contributed by atoms with Crippen molar-refractivity contribution in [1.82, 2.24) is 14.5 Å². The molecule has 2 aliphatic heterocycles. The zero-order chi connectivity index (χ0) is 22.6. The molecule has 3 heterocycles. The van der Waals surface area contributed by atoms with Gasteiger partial charge in [-0.1, -0.05) is 18.0 Å². The molecule has 32 heavy (non-hydrogen) atoms. The summed E-state index contributed by atoms with van der Waals surface area (Å²) in [5.41, 5.74) is 0. The number of nitrogens with one attached hydrogen (secondary N) is 1. The third-order valence-electron chi connectivity index (χ3n) is 6.38. The highest BCUT2D eigenvalue weighted by Gasteiger charge is 2.34. The number of carbonyl (C=O) groups excluding carboxylic acids is 1. The van der Waals surface area contributed by atoms with Crippen molar-refractivity contribution in [3.63, 3.8) is 0 Å². The number of amides is 1. The average Bonchev–Trinajstić information content (AvgIpc) is 3.35. The number of furan rings is 1. The van der Waals surface area contributed by atoms with E-state index in [9.17, 15) is 13.2 Å². The Kier molecular flexibility index (Phi) is 7.55. The number of sulfonamides is 1. The van der Waals surface area contributed by atoms with Gasteiger partial charge in [-0.15, -0.1) is 0 Å². The lowest BCUT2D eigenvalue weighted by molar-refractivity contribution is -0.126. The number of nitrogens with zero attached hydrogens (tertiary/aromatic N) is 2. The van der Waals surface area contributed by atoms with Crippen molar-refractivity contribution >= 4 is 27.5 Å². The topological polar surface area (TPSA) is 82.9 Å². The molecule has 0 aliphatic carbocycles. The van der Waals surface area contributed by atoms with Crippen molar-refractivity contribution in [2.45, 2.75) is 43.0 Å². The minimum atomic E-state index is -3.66. The van der Waals surface area contributed by atoms with Crippen LogP contribution in [0.4, 0.5) is 0 Å². The van der Waals surface area contributed by atoms with Crippen LogP contribution in [0.25, 0.3) is 0 Å². The van der Waals surface area contributed by atoms with E-state index in [-0.39, 0.29) is 29.3 Å². The Morgan fingerprint density at radius 2 is 1.84 bits per heavy atom. The molecule has 1 aromatic carbocycles. The van der Waals surface area contributed by atoms with Crippen LogP contribution < -0.4 is 5.32 Å². The molecule has 0 radical (unpaired) electrons. The Balaban J connectivity index is 1.39. The summed E-state index contributed by atoms with van der Waals surface area (Å²) in [6, 6.07) is 9.96. The van der Waals surface area contributed by atoms with E-state index in [1.54, 1.807) is 18.4 Å². The Bertz CT molecular complexity index is 989. The number of halogens is 1. The highest BCUT2D eigenvalue weighted by molar-refractivity contribution is 7.89. The molecule has 2 atom stereocenters. The van der Waals surface area contributed by atoms with Crippen LogP contribution in [0.15, 0.2) is 52.0 Å². The van der Waals surface area contributed by atoms with Crippen molar-refractivity contribution in [2.24, 2.45) is 5.92 Å². The predicted molar refractivity (Wildman–Crippen MR) is 123 cm³/mol. The molecule has 9 heteroatoms. The van der Waals surface area contributed by atoms with Gasteiger partial charge in [0.1, 0.15) is 5.76 Å². The molecular weight excluding hydrogens is 450 g/mol. The van der Waals surface area contributed by atoms with Crippen molar-refractivity contribution in [1.29, 1.82) is 0 Å². The number of hydrogen-bond donors (Lipinski definition) is 1. The van der Waals surface area contributed by atoms with E-state index in [2.05, 4.69) is 10.2 Å². The van der Waals surface area contributed by atoms with E-state index in [0.717, 1.165) is 31.7 Å². The minimum absolute atomic E-state index is 0.00764. The van der Waals surface area contributed by atoms with Gasteiger partial charge in [0.15, 0.2) is 0 Å². The highest BCUT2D eigenvalue weighted by Crippen LogP contribution is 2.27. The molecule has 0 spiro atoms. The average molecular weight is 480 g/mol. The van der Waals surface area contributed by atoms with Gasteiger partial charge in [0.05, 0.1) is 23.1 Å². The summed E-state index contributed by atoms with van der Waals surface area (Å²) in [4.78, 5) is 15.6. The molecule has 174 valence electrons. The maximum atomic E-state index is 13.0. The lowest BCUT2D eigenvalue weighted by atomic mass is 9.98. The Morgan fingerprint density at radius 3 is 2.53 bits per heavy atom. The molecule has 0 unspecified atom stereocenters. The van der Waals surface area contributed by atoms with Crippen LogP contribution in [0.1, 0.15) is 43.9 Å². The first-order valence-electron chi connectivity index (χ1n) is 11.3. The molecule has 0 saturated carbocycles. The van der Waals surface area contributed by atoms with Gasteiger partial charge in [0.2, 0.25) is 15.9 Å². The normalized spacial score (nSPS) is 21.8. The lowest BCUT2D eigenvalue weighted by Crippen LogP contribution is -2.47. The van der Waals surface area contributed by atoms with E-state index in [1.165, 1.54) is 22.9 Å². The van der Waals surface area contributed by atoms with Crippen molar-refractivity contribution < 1.29 is 17.6 Å². The number of likely N-dealkylation sites (tertiary alicyclic amines) is 1. The van der Waals surface area contributed by atoms with E-state index in [4.69, 9.17) is 16.0 Å². The van der Waals surface area contributed by atoms with Crippen molar-refractivity contribution in [3.8, 4) is 0 Å². The molecule has 2 aromatic rings. The standard InChI is InChI=1S/C23H30ClN3O4S/c24-19-8-10-20(11-9-19)32(29,30)27-14-4-6-18(17-27)23(28)25-16-21(22-7-5-15-31-22)26-12-2-1-3-13-26/h5,7-11,15,18,21H,1-4,6,12-14,16-17H2,(H,25,28)/t18-,21-/m0/s1. The summed E-state index contributed by atoms with van der Waals surface area (Å²) in [7, 11) is -3.66. The zero-order valence-corrected chi connectivity index (χ0v) is 19.7. The Morgan fingerprint density at radius 1 is 1.09 bits per heavy atom.